The summed E-state index contributed by atoms with van der Waals surface area (Å²) in [5.41, 5.74) is 0.966. The van der Waals surface area contributed by atoms with E-state index in [4.69, 9.17) is 4.74 Å². The Morgan fingerprint density at radius 3 is 1.83 bits per heavy atom. The van der Waals surface area contributed by atoms with Crippen LogP contribution in [0.3, 0.4) is 0 Å². The van der Waals surface area contributed by atoms with Crippen LogP contribution in [0, 0.1) is 5.92 Å². The lowest BCUT2D eigenvalue weighted by atomic mass is 10.1. The van der Waals surface area contributed by atoms with Crippen molar-refractivity contribution in [2.75, 3.05) is 17.7 Å². The van der Waals surface area contributed by atoms with Gasteiger partial charge < -0.3 is 20.1 Å². The maximum absolute atomic E-state index is 11.9. The summed E-state index contributed by atoms with van der Waals surface area (Å²) in [6.07, 6.45) is 7.15. The molecule has 1 aromatic carbocycles. The van der Waals surface area contributed by atoms with Crippen LogP contribution in [-0.2, 0) is 28.7 Å². The summed E-state index contributed by atoms with van der Waals surface area (Å²) in [4.78, 5) is 46.3. The van der Waals surface area contributed by atoms with Gasteiger partial charge in [0.15, 0.2) is 0 Å². The molecular formula is C21H24N2O6. The molecule has 29 heavy (non-hydrogen) atoms. The Balaban J connectivity index is 1.80. The number of amides is 2. The maximum Gasteiger partial charge on any atom is 0.331 e. The highest BCUT2D eigenvalue weighted by atomic mass is 16.5. The van der Waals surface area contributed by atoms with Crippen LogP contribution in [0.1, 0.15) is 26.2 Å². The predicted octanol–water partition coefficient (Wildman–Crippen LogP) is 2.58. The monoisotopic (exact) mass is 400 g/mol. The van der Waals surface area contributed by atoms with Gasteiger partial charge in [0.25, 0.3) is 0 Å². The Hall–Kier alpha value is -3.42. The van der Waals surface area contributed by atoms with Crippen molar-refractivity contribution in [3.63, 3.8) is 0 Å². The molecule has 1 aromatic rings. The molecule has 8 heteroatoms. The van der Waals surface area contributed by atoms with Gasteiger partial charge in [0.2, 0.25) is 11.8 Å². The van der Waals surface area contributed by atoms with Gasteiger partial charge in [-0.05, 0) is 49.4 Å². The van der Waals surface area contributed by atoms with Crippen LogP contribution in [0.15, 0.2) is 48.6 Å². The summed E-state index contributed by atoms with van der Waals surface area (Å²) in [7, 11) is 1.21. The van der Waals surface area contributed by atoms with E-state index < -0.39 is 23.8 Å². The molecule has 1 aliphatic rings. The fourth-order valence-corrected chi connectivity index (χ4v) is 2.84. The van der Waals surface area contributed by atoms with Gasteiger partial charge >= 0.3 is 11.9 Å². The van der Waals surface area contributed by atoms with Crippen LogP contribution in [0.2, 0.25) is 0 Å². The highest BCUT2D eigenvalue weighted by Crippen LogP contribution is 2.27. The first-order valence-electron chi connectivity index (χ1n) is 9.24. The molecule has 0 saturated heterocycles. The summed E-state index contributed by atoms with van der Waals surface area (Å²) >= 11 is 0. The highest BCUT2D eigenvalue weighted by Gasteiger charge is 2.26. The number of nitrogens with one attached hydrogen (secondary N) is 2. The Kier molecular flexibility index (Phi) is 8.14. The number of carbonyl (C=O) groups is 4. The zero-order valence-electron chi connectivity index (χ0n) is 16.3. The van der Waals surface area contributed by atoms with Gasteiger partial charge in [-0.2, -0.15) is 0 Å². The zero-order valence-corrected chi connectivity index (χ0v) is 16.3. The minimum absolute atomic E-state index is 0.0829. The first kappa shape index (κ1) is 21.9. The molecule has 0 spiro atoms. The largest absolute Gasteiger partial charge is 0.466 e. The molecule has 1 fully saturated rings. The van der Waals surface area contributed by atoms with Crippen molar-refractivity contribution in [1.29, 1.82) is 0 Å². The highest BCUT2D eigenvalue weighted by molar-refractivity contribution is 6.04. The van der Waals surface area contributed by atoms with E-state index in [0.717, 1.165) is 43.6 Å². The van der Waals surface area contributed by atoms with Crippen LogP contribution in [-0.4, -0.2) is 37.0 Å². The fraction of sp³-hybridized carbons (Fsp3) is 0.333. The standard InChI is InChI=1S/C21H24N2O6/c1-14-4-3-5-17(14)29-21(27)13-11-19(25)23-16-8-6-15(7-9-16)22-18(24)10-12-20(26)28-2/h6-14,17H,3-5H2,1-2H3,(H,22,24)(H,23,25)/b12-10-,13-11-. The molecule has 8 nitrogen and oxygen atoms in total. The van der Waals surface area contributed by atoms with Crippen molar-refractivity contribution in [2.45, 2.75) is 32.3 Å². The number of rotatable bonds is 7. The van der Waals surface area contributed by atoms with E-state index >= 15 is 0 Å². The van der Waals surface area contributed by atoms with Gasteiger partial charge in [-0.1, -0.05) is 6.92 Å². The Morgan fingerprint density at radius 1 is 0.862 bits per heavy atom. The van der Waals surface area contributed by atoms with Gasteiger partial charge in [-0.3, -0.25) is 9.59 Å². The molecule has 2 amide bonds. The molecule has 0 aromatic heterocycles. The van der Waals surface area contributed by atoms with Gasteiger partial charge in [-0.15, -0.1) is 0 Å². The van der Waals surface area contributed by atoms with Gasteiger partial charge in [0, 0.05) is 35.7 Å². The lowest BCUT2D eigenvalue weighted by Crippen LogP contribution is -2.19. The van der Waals surface area contributed by atoms with E-state index in [0.29, 0.717) is 17.3 Å². The summed E-state index contributed by atoms with van der Waals surface area (Å²) in [6, 6.07) is 6.34. The number of hydrogen-bond donors (Lipinski definition) is 2. The second kappa shape index (κ2) is 10.8. The molecular weight excluding hydrogens is 376 g/mol. The van der Waals surface area contributed by atoms with Crippen molar-refractivity contribution >= 4 is 35.1 Å². The third kappa shape index (κ3) is 7.61. The number of benzene rings is 1. The number of hydrogen-bond acceptors (Lipinski definition) is 6. The molecule has 2 N–H and O–H groups in total. The normalized spacial score (nSPS) is 18.6. The summed E-state index contributed by atoms with van der Waals surface area (Å²) in [5.74, 6) is -1.79. The molecule has 2 atom stereocenters. The number of esters is 2. The average molecular weight is 400 g/mol. The molecule has 0 aliphatic heterocycles. The third-order valence-electron chi connectivity index (χ3n) is 4.41. The Morgan fingerprint density at radius 2 is 1.38 bits per heavy atom. The number of anilines is 2. The number of methoxy groups -OCH3 is 1. The van der Waals surface area contributed by atoms with Crippen LogP contribution in [0.5, 0.6) is 0 Å². The van der Waals surface area contributed by atoms with Crippen molar-refractivity contribution in [3.8, 4) is 0 Å². The van der Waals surface area contributed by atoms with Crippen molar-refractivity contribution in [1.82, 2.24) is 0 Å². The van der Waals surface area contributed by atoms with E-state index in [9.17, 15) is 19.2 Å². The summed E-state index contributed by atoms with van der Waals surface area (Å²) < 4.78 is 9.73. The first-order chi connectivity index (χ1) is 13.9. The van der Waals surface area contributed by atoms with E-state index in [1.165, 1.54) is 7.11 Å². The fourth-order valence-electron chi connectivity index (χ4n) is 2.84. The SMILES string of the molecule is COC(=O)/C=C\C(=O)Nc1ccc(NC(=O)/C=C\C(=O)OC2CCCC2C)cc1. The molecule has 0 radical (unpaired) electrons. The van der Waals surface area contributed by atoms with Crippen LogP contribution in [0.25, 0.3) is 0 Å². The van der Waals surface area contributed by atoms with E-state index in [1.54, 1.807) is 24.3 Å². The van der Waals surface area contributed by atoms with Crippen molar-refractivity contribution < 1.29 is 28.7 Å². The third-order valence-corrected chi connectivity index (χ3v) is 4.41. The van der Waals surface area contributed by atoms with Crippen molar-refractivity contribution in [2.24, 2.45) is 5.92 Å². The van der Waals surface area contributed by atoms with Gasteiger partial charge in [-0.25, -0.2) is 9.59 Å². The Bertz CT molecular complexity index is 813. The van der Waals surface area contributed by atoms with Crippen LogP contribution < -0.4 is 10.6 Å². The van der Waals surface area contributed by atoms with Crippen LogP contribution >= 0.6 is 0 Å². The second-order valence-corrected chi connectivity index (χ2v) is 6.63. The van der Waals surface area contributed by atoms with E-state index in [-0.39, 0.29) is 6.10 Å². The quantitative estimate of drug-likeness (QED) is 0.538. The van der Waals surface area contributed by atoms with E-state index in [2.05, 4.69) is 15.4 Å². The molecule has 2 unspecified atom stereocenters. The zero-order chi connectivity index (χ0) is 21.2. The predicted molar refractivity (Wildman–Crippen MR) is 107 cm³/mol. The Labute approximate surface area is 168 Å². The molecule has 1 saturated carbocycles. The number of carbonyl (C=O) groups excluding carboxylic acids is 4. The molecule has 1 aliphatic carbocycles. The van der Waals surface area contributed by atoms with Crippen LogP contribution in [0.4, 0.5) is 11.4 Å². The molecule has 2 rings (SSSR count). The molecule has 0 heterocycles. The van der Waals surface area contributed by atoms with Gasteiger partial charge in [0.1, 0.15) is 6.10 Å². The molecule has 0 bridgehead atoms. The smallest absolute Gasteiger partial charge is 0.331 e. The topological polar surface area (TPSA) is 111 Å². The minimum atomic E-state index is -0.632. The second-order valence-electron chi connectivity index (χ2n) is 6.63. The number of ether oxygens (including phenoxy) is 2. The lowest BCUT2D eigenvalue weighted by molar-refractivity contribution is -0.144. The van der Waals surface area contributed by atoms with E-state index in [1.807, 2.05) is 6.92 Å². The average Bonchev–Trinajstić information content (AvgIpc) is 3.10. The lowest BCUT2D eigenvalue weighted by Gasteiger charge is -2.14. The molecule has 154 valence electrons. The summed E-state index contributed by atoms with van der Waals surface area (Å²) in [6.45, 7) is 2.04. The summed E-state index contributed by atoms with van der Waals surface area (Å²) in [5, 5.41) is 5.16. The minimum Gasteiger partial charge on any atom is -0.466 e. The van der Waals surface area contributed by atoms with Gasteiger partial charge in [0.05, 0.1) is 7.11 Å². The maximum atomic E-state index is 11.9. The van der Waals surface area contributed by atoms with Crippen molar-refractivity contribution in [3.05, 3.63) is 48.6 Å². The first-order valence-corrected chi connectivity index (χ1v) is 9.24.